The molecular weight excluding hydrogens is 346 g/mol. The second kappa shape index (κ2) is 6.88. The van der Waals surface area contributed by atoms with Crippen molar-refractivity contribution in [1.82, 2.24) is 4.98 Å². The fraction of sp³-hybridized carbons (Fsp3) is 0.250. The van der Waals surface area contributed by atoms with E-state index in [1.165, 1.54) is 11.3 Å². The zero-order valence-electron chi connectivity index (χ0n) is 14.2. The molecule has 0 saturated heterocycles. The average molecular weight is 365 g/mol. The van der Waals surface area contributed by atoms with Crippen molar-refractivity contribution >= 4 is 39.1 Å². The van der Waals surface area contributed by atoms with Crippen LogP contribution in [-0.2, 0) is 12.8 Å². The number of carbonyl (C=O) groups excluding carboxylic acids is 2. The van der Waals surface area contributed by atoms with Gasteiger partial charge in [-0.15, -0.1) is 11.3 Å². The Hall–Kier alpha value is -2.73. The Morgan fingerprint density at radius 1 is 1.04 bits per heavy atom. The molecular formula is C20H19N3O2S. The molecule has 26 heavy (non-hydrogen) atoms. The van der Waals surface area contributed by atoms with E-state index in [0.717, 1.165) is 53.4 Å². The molecule has 0 bridgehead atoms. The van der Waals surface area contributed by atoms with Crippen LogP contribution < -0.4 is 11.1 Å². The maximum absolute atomic E-state index is 12.7. The molecule has 0 saturated carbocycles. The van der Waals surface area contributed by atoms with Crippen molar-refractivity contribution in [2.45, 2.75) is 32.1 Å². The van der Waals surface area contributed by atoms with Crippen LogP contribution in [0.3, 0.4) is 0 Å². The zero-order chi connectivity index (χ0) is 18.1. The Balaban J connectivity index is 1.67. The van der Waals surface area contributed by atoms with Gasteiger partial charge in [0.2, 0.25) is 0 Å². The lowest BCUT2D eigenvalue weighted by Gasteiger charge is -2.07. The highest BCUT2D eigenvalue weighted by atomic mass is 32.1. The van der Waals surface area contributed by atoms with Crippen LogP contribution >= 0.6 is 11.3 Å². The van der Waals surface area contributed by atoms with Crippen LogP contribution in [-0.4, -0.2) is 16.8 Å². The minimum atomic E-state index is -0.480. The van der Waals surface area contributed by atoms with Gasteiger partial charge in [-0.3, -0.25) is 9.59 Å². The first-order valence-corrected chi connectivity index (χ1v) is 9.56. The van der Waals surface area contributed by atoms with Gasteiger partial charge in [-0.2, -0.15) is 0 Å². The molecule has 0 unspecified atom stereocenters. The Morgan fingerprint density at radius 2 is 1.85 bits per heavy atom. The number of hydrogen-bond acceptors (Lipinski definition) is 4. The summed E-state index contributed by atoms with van der Waals surface area (Å²) >= 11 is 1.47. The van der Waals surface area contributed by atoms with E-state index in [0.29, 0.717) is 16.3 Å². The summed E-state index contributed by atoms with van der Waals surface area (Å²) in [6.45, 7) is 0. The fourth-order valence-electron chi connectivity index (χ4n) is 3.45. The number of rotatable bonds is 3. The average Bonchev–Trinajstić information content (AvgIpc) is 2.82. The predicted molar refractivity (Wildman–Crippen MR) is 104 cm³/mol. The predicted octanol–water partition coefficient (Wildman–Crippen LogP) is 3.92. The quantitative estimate of drug-likeness (QED) is 0.690. The summed E-state index contributed by atoms with van der Waals surface area (Å²) < 4.78 is 0. The van der Waals surface area contributed by atoms with Gasteiger partial charge in [-0.25, -0.2) is 4.98 Å². The molecule has 1 aromatic carbocycles. The first-order valence-electron chi connectivity index (χ1n) is 8.75. The summed E-state index contributed by atoms with van der Waals surface area (Å²) in [5.41, 5.74) is 8.20. The zero-order valence-corrected chi connectivity index (χ0v) is 15.1. The van der Waals surface area contributed by atoms with Gasteiger partial charge in [-0.05, 0) is 43.4 Å². The highest BCUT2D eigenvalue weighted by Crippen LogP contribution is 2.37. The van der Waals surface area contributed by atoms with E-state index in [1.54, 1.807) is 6.07 Å². The molecule has 1 aliphatic rings. The first-order chi connectivity index (χ1) is 12.6. The number of aromatic nitrogens is 1. The molecule has 0 fully saturated rings. The number of aryl methyl sites for hydroxylation is 1. The van der Waals surface area contributed by atoms with E-state index in [4.69, 9.17) is 5.73 Å². The number of fused-ring (bicyclic) bond motifs is 2. The molecule has 0 spiro atoms. The molecule has 3 aromatic rings. The van der Waals surface area contributed by atoms with Crippen LogP contribution in [0.15, 0.2) is 36.4 Å². The Morgan fingerprint density at radius 3 is 2.69 bits per heavy atom. The molecule has 2 amide bonds. The van der Waals surface area contributed by atoms with Crippen LogP contribution in [0.4, 0.5) is 5.00 Å². The molecule has 0 aliphatic heterocycles. The number of benzene rings is 1. The smallest absolute Gasteiger partial charge is 0.274 e. The lowest BCUT2D eigenvalue weighted by molar-refractivity contribution is 0.100. The van der Waals surface area contributed by atoms with Gasteiger partial charge in [0.15, 0.2) is 0 Å². The SMILES string of the molecule is NC(=O)c1c(NC(=O)c2ccc3ccccc3n2)sc2c1CCCCC2. The molecule has 2 heterocycles. The van der Waals surface area contributed by atoms with E-state index in [9.17, 15) is 9.59 Å². The molecule has 0 radical (unpaired) electrons. The Kier molecular flexibility index (Phi) is 4.42. The maximum Gasteiger partial charge on any atom is 0.274 e. The summed E-state index contributed by atoms with van der Waals surface area (Å²) in [6, 6.07) is 11.2. The number of nitrogens with two attached hydrogens (primary N) is 1. The monoisotopic (exact) mass is 365 g/mol. The van der Waals surface area contributed by atoms with Crippen molar-refractivity contribution < 1.29 is 9.59 Å². The van der Waals surface area contributed by atoms with Gasteiger partial charge in [0, 0.05) is 10.3 Å². The van der Waals surface area contributed by atoms with E-state index in [2.05, 4.69) is 10.3 Å². The normalized spacial score (nSPS) is 13.8. The van der Waals surface area contributed by atoms with Crippen LogP contribution in [0, 0.1) is 0 Å². The van der Waals surface area contributed by atoms with E-state index < -0.39 is 5.91 Å². The summed E-state index contributed by atoms with van der Waals surface area (Å²) in [5.74, 6) is -0.805. The number of anilines is 1. The molecule has 4 rings (SSSR count). The van der Waals surface area contributed by atoms with Crippen LogP contribution in [0.2, 0.25) is 0 Å². The summed E-state index contributed by atoms with van der Waals surface area (Å²) in [5, 5.41) is 4.39. The van der Waals surface area contributed by atoms with Gasteiger partial charge in [0.1, 0.15) is 10.7 Å². The second-order valence-corrected chi connectivity index (χ2v) is 7.58. The number of nitrogens with zero attached hydrogens (tertiary/aromatic N) is 1. The summed E-state index contributed by atoms with van der Waals surface area (Å²) in [4.78, 5) is 30.3. The van der Waals surface area contributed by atoms with E-state index in [-0.39, 0.29) is 5.91 Å². The third-order valence-corrected chi connectivity index (χ3v) is 5.93. The number of amides is 2. The van der Waals surface area contributed by atoms with Crippen molar-refractivity contribution in [3.8, 4) is 0 Å². The maximum atomic E-state index is 12.7. The largest absolute Gasteiger partial charge is 0.365 e. The van der Waals surface area contributed by atoms with Gasteiger partial charge < -0.3 is 11.1 Å². The number of thiophene rings is 1. The van der Waals surface area contributed by atoms with Crippen LogP contribution in [0.1, 0.15) is 50.5 Å². The third kappa shape index (κ3) is 3.08. The van der Waals surface area contributed by atoms with Crippen molar-refractivity contribution in [1.29, 1.82) is 0 Å². The lowest BCUT2D eigenvalue weighted by atomic mass is 10.1. The van der Waals surface area contributed by atoms with Crippen LogP contribution in [0.25, 0.3) is 10.9 Å². The molecule has 2 aromatic heterocycles. The second-order valence-electron chi connectivity index (χ2n) is 6.48. The standard InChI is InChI=1S/C20H19N3O2S/c21-18(24)17-13-7-2-1-3-9-16(13)26-20(17)23-19(25)15-11-10-12-6-4-5-8-14(12)22-15/h4-6,8,10-11H,1-3,7,9H2,(H2,21,24)(H,23,25). The lowest BCUT2D eigenvalue weighted by Crippen LogP contribution is -2.18. The number of carbonyl (C=O) groups is 2. The van der Waals surface area contributed by atoms with Gasteiger partial charge in [-0.1, -0.05) is 30.7 Å². The summed E-state index contributed by atoms with van der Waals surface area (Å²) in [6.07, 6.45) is 5.08. The van der Waals surface area contributed by atoms with Gasteiger partial charge in [0.25, 0.3) is 11.8 Å². The molecule has 1 aliphatic carbocycles. The van der Waals surface area contributed by atoms with Crippen molar-refractivity contribution in [3.63, 3.8) is 0 Å². The highest BCUT2D eigenvalue weighted by Gasteiger charge is 2.24. The Labute approximate surface area is 155 Å². The minimum Gasteiger partial charge on any atom is -0.365 e. The number of hydrogen-bond donors (Lipinski definition) is 2. The first kappa shape index (κ1) is 16.7. The molecule has 132 valence electrons. The number of primary amides is 1. The fourth-order valence-corrected chi connectivity index (χ4v) is 4.74. The summed E-state index contributed by atoms with van der Waals surface area (Å²) in [7, 11) is 0. The van der Waals surface area contributed by atoms with E-state index >= 15 is 0 Å². The van der Waals surface area contributed by atoms with Gasteiger partial charge in [0.05, 0.1) is 11.1 Å². The van der Waals surface area contributed by atoms with E-state index in [1.807, 2.05) is 30.3 Å². The van der Waals surface area contributed by atoms with Gasteiger partial charge >= 0.3 is 0 Å². The molecule has 3 N–H and O–H groups in total. The highest BCUT2D eigenvalue weighted by molar-refractivity contribution is 7.17. The third-order valence-electron chi connectivity index (χ3n) is 4.73. The molecule has 6 heteroatoms. The number of para-hydroxylation sites is 1. The number of pyridine rings is 1. The van der Waals surface area contributed by atoms with Crippen molar-refractivity contribution in [3.05, 3.63) is 58.1 Å². The minimum absolute atomic E-state index is 0.322. The number of nitrogens with one attached hydrogen (secondary N) is 1. The molecule has 5 nitrogen and oxygen atoms in total. The van der Waals surface area contributed by atoms with Crippen LogP contribution in [0.5, 0.6) is 0 Å². The van der Waals surface area contributed by atoms with Crippen molar-refractivity contribution in [2.24, 2.45) is 5.73 Å². The Bertz CT molecular complexity index is 1010. The molecule has 0 atom stereocenters. The van der Waals surface area contributed by atoms with Crippen molar-refractivity contribution in [2.75, 3.05) is 5.32 Å². The topological polar surface area (TPSA) is 85.1 Å².